The van der Waals surface area contributed by atoms with Crippen molar-refractivity contribution in [1.29, 1.82) is 0 Å². The molecule has 0 amide bonds. The second-order valence-electron chi connectivity index (χ2n) is 5.98. The molecular formula is C17H27BrN2O. The highest BCUT2D eigenvalue weighted by atomic mass is 79.9. The molecule has 0 saturated carbocycles. The highest BCUT2D eigenvalue weighted by molar-refractivity contribution is 9.10. The van der Waals surface area contributed by atoms with E-state index in [1.165, 1.54) is 24.8 Å². The number of hydrogen-bond donors (Lipinski definition) is 1. The quantitative estimate of drug-likeness (QED) is 0.723. The van der Waals surface area contributed by atoms with Crippen molar-refractivity contribution in [3.63, 3.8) is 0 Å². The molecule has 0 bridgehead atoms. The summed E-state index contributed by atoms with van der Waals surface area (Å²) >= 11 is 3.48. The lowest BCUT2D eigenvalue weighted by atomic mass is 10.1. The van der Waals surface area contributed by atoms with Crippen molar-refractivity contribution in [2.24, 2.45) is 0 Å². The van der Waals surface area contributed by atoms with Crippen molar-refractivity contribution in [1.82, 2.24) is 10.2 Å². The number of likely N-dealkylation sites (N-methyl/N-ethyl adjacent to an activating group) is 1. The van der Waals surface area contributed by atoms with E-state index in [2.05, 4.69) is 64.4 Å². The number of hydrogen-bond acceptors (Lipinski definition) is 3. The van der Waals surface area contributed by atoms with Gasteiger partial charge in [0.25, 0.3) is 0 Å². The van der Waals surface area contributed by atoms with Gasteiger partial charge in [-0.1, -0.05) is 35.0 Å². The van der Waals surface area contributed by atoms with Gasteiger partial charge in [0.15, 0.2) is 0 Å². The molecule has 3 nitrogen and oxygen atoms in total. The minimum Gasteiger partial charge on any atom is -0.372 e. The summed E-state index contributed by atoms with van der Waals surface area (Å²) in [4.78, 5) is 2.36. The van der Waals surface area contributed by atoms with Gasteiger partial charge in [0.1, 0.15) is 0 Å². The summed E-state index contributed by atoms with van der Waals surface area (Å²) in [6.45, 7) is 6.28. The molecular weight excluding hydrogens is 328 g/mol. The standard InChI is InChI=1S/C17H27BrN2O/c1-3-10-19-11-16-8-9-17(21-16)13-20(2)12-14-4-6-15(18)7-5-14/h4-7,16-17,19H,3,8-13H2,1-2H3. The SMILES string of the molecule is CCCNCC1CCC(CN(C)Cc2ccc(Br)cc2)O1. The van der Waals surface area contributed by atoms with Crippen LogP contribution in [0.4, 0.5) is 0 Å². The summed E-state index contributed by atoms with van der Waals surface area (Å²) < 4.78 is 7.26. The van der Waals surface area contributed by atoms with Crippen LogP contribution in [0.5, 0.6) is 0 Å². The molecule has 0 aromatic heterocycles. The van der Waals surface area contributed by atoms with Gasteiger partial charge in [-0.05, 0) is 50.6 Å². The Morgan fingerprint density at radius 2 is 1.95 bits per heavy atom. The van der Waals surface area contributed by atoms with Gasteiger partial charge in [0.05, 0.1) is 12.2 Å². The number of nitrogens with zero attached hydrogens (tertiary/aromatic N) is 1. The molecule has 1 heterocycles. The van der Waals surface area contributed by atoms with E-state index in [1.807, 2.05) is 0 Å². The number of benzene rings is 1. The van der Waals surface area contributed by atoms with Gasteiger partial charge in [-0.2, -0.15) is 0 Å². The van der Waals surface area contributed by atoms with E-state index < -0.39 is 0 Å². The maximum absolute atomic E-state index is 6.12. The molecule has 0 aliphatic carbocycles. The van der Waals surface area contributed by atoms with E-state index in [0.717, 1.165) is 30.7 Å². The monoisotopic (exact) mass is 354 g/mol. The van der Waals surface area contributed by atoms with Crippen LogP contribution in [0.25, 0.3) is 0 Å². The smallest absolute Gasteiger partial charge is 0.0707 e. The molecule has 1 aliphatic rings. The van der Waals surface area contributed by atoms with E-state index in [1.54, 1.807) is 0 Å². The molecule has 118 valence electrons. The number of rotatable bonds is 8. The average Bonchev–Trinajstić information content (AvgIpc) is 2.89. The fourth-order valence-electron chi connectivity index (χ4n) is 2.82. The highest BCUT2D eigenvalue weighted by Crippen LogP contribution is 2.20. The van der Waals surface area contributed by atoms with Gasteiger partial charge >= 0.3 is 0 Å². The summed E-state index contributed by atoms with van der Waals surface area (Å²) in [7, 11) is 2.17. The van der Waals surface area contributed by atoms with Crippen LogP contribution in [0.2, 0.25) is 0 Å². The van der Waals surface area contributed by atoms with E-state index in [9.17, 15) is 0 Å². The van der Waals surface area contributed by atoms with Crippen molar-refractivity contribution >= 4 is 15.9 Å². The maximum Gasteiger partial charge on any atom is 0.0707 e. The van der Waals surface area contributed by atoms with Crippen LogP contribution in [0, 0.1) is 0 Å². The van der Waals surface area contributed by atoms with Gasteiger partial charge in [0.2, 0.25) is 0 Å². The van der Waals surface area contributed by atoms with Crippen LogP contribution >= 0.6 is 15.9 Å². The molecule has 1 aliphatic heterocycles. The fourth-order valence-corrected chi connectivity index (χ4v) is 3.08. The second-order valence-corrected chi connectivity index (χ2v) is 6.90. The predicted molar refractivity (Wildman–Crippen MR) is 91.5 cm³/mol. The first-order chi connectivity index (χ1) is 10.2. The third kappa shape index (κ3) is 6.07. The summed E-state index contributed by atoms with van der Waals surface area (Å²) in [6.07, 6.45) is 4.35. The Hall–Kier alpha value is -0.420. The Bertz CT molecular complexity index is 410. The number of halogens is 1. The van der Waals surface area contributed by atoms with Crippen molar-refractivity contribution in [3.05, 3.63) is 34.3 Å². The van der Waals surface area contributed by atoms with E-state index in [4.69, 9.17) is 4.74 Å². The van der Waals surface area contributed by atoms with Crippen LogP contribution in [0.15, 0.2) is 28.7 Å². The first kappa shape index (κ1) is 16.9. The molecule has 21 heavy (non-hydrogen) atoms. The summed E-state index contributed by atoms with van der Waals surface area (Å²) in [5.74, 6) is 0. The Labute approximate surface area is 137 Å². The fraction of sp³-hybridized carbons (Fsp3) is 0.647. The second kappa shape index (κ2) is 8.89. The molecule has 2 atom stereocenters. The van der Waals surface area contributed by atoms with Crippen molar-refractivity contribution in [3.8, 4) is 0 Å². The zero-order valence-electron chi connectivity index (χ0n) is 13.1. The van der Waals surface area contributed by atoms with Crippen LogP contribution in [-0.4, -0.2) is 43.8 Å². The summed E-state index contributed by atoms with van der Waals surface area (Å²) in [5, 5.41) is 3.45. The van der Waals surface area contributed by atoms with Gasteiger partial charge in [0, 0.05) is 24.1 Å². The summed E-state index contributed by atoms with van der Waals surface area (Å²) in [5.41, 5.74) is 1.35. The zero-order chi connectivity index (χ0) is 15.1. The van der Waals surface area contributed by atoms with E-state index in [0.29, 0.717) is 12.2 Å². The molecule has 1 aromatic rings. The molecule has 1 saturated heterocycles. The lowest BCUT2D eigenvalue weighted by Crippen LogP contribution is -2.31. The molecule has 0 spiro atoms. The van der Waals surface area contributed by atoms with Crippen molar-refractivity contribution in [2.45, 2.75) is 44.9 Å². The van der Waals surface area contributed by atoms with E-state index >= 15 is 0 Å². The largest absolute Gasteiger partial charge is 0.372 e. The minimum atomic E-state index is 0.388. The van der Waals surface area contributed by atoms with Gasteiger partial charge < -0.3 is 10.1 Å². The Morgan fingerprint density at radius 1 is 1.24 bits per heavy atom. The topological polar surface area (TPSA) is 24.5 Å². The molecule has 2 unspecified atom stereocenters. The zero-order valence-corrected chi connectivity index (χ0v) is 14.7. The Kier molecular flexibility index (Phi) is 7.17. The normalized spacial score (nSPS) is 22.1. The third-order valence-corrected chi connectivity index (χ3v) is 4.40. The predicted octanol–water partition coefficient (Wildman–Crippen LogP) is 3.43. The average molecular weight is 355 g/mol. The van der Waals surface area contributed by atoms with Crippen molar-refractivity contribution < 1.29 is 4.74 Å². The molecule has 1 fully saturated rings. The highest BCUT2D eigenvalue weighted by Gasteiger charge is 2.25. The molecule has 4 heteroatoms. The molecule has 1 aromatic carbocycles. The van der Waals surface area contributed by atoms with Gasteiger partial charge in [-0.15, -0.1) is 0 Å². The Morgan fingerprint density at radius 3 is 2.67 bits per heavy atom. The van der Waals surface area contributed by atoms with Gasteiger partial charge in [-0.25, -0.2) is 0 Å². The van der Waals surface area contributed by atoms with Crippen LogP contribution < -0.4 is 5.32 Å². The summed E-state index contributed by atoms with van der Waals surface area (Å²) in [6, 6.07) is 8.55. The Balaban J connectivity index is 1.68. The lowest BCUT2D eigenvalue weighted by molar-refractivity contribution is 0.0268. The first-order valence-corrected chi connectivity index (χ1v) is 8.76. The number of ether oxygens (including phenoxy) is 1. The van der Waals surface area contributed by atoms with Crippen LogP contribution in [0.1, 0.15) is 31.7 Å². The van der Waals surface area contributed by atoms with Crippen molar-refractivity contribution in [2.75, 3.05) is 26.7 Å². The number of nitrogens with one attached hydrogen (secondary N) is 1. The van der Waals surface area contributed by atoms with E-state index in [-0.39, 0.29) is 0 Å². The molecule has 1 N–H and O–H groups in total. The van der Waals surface area contributed by atoms with Gasteiger partial charge in [-0.3, -0.25) is 4.90 Å². The maximum atomic E-state index is 6.12. The van der Waals surface area contributed by atoms with Crippen LogP contribution in [0.3, 0.4) is 0 Å². The minimum absolute atomic E-state index is 0.388. The molecule has 2 rings (SSSR count). The van der Waals surface area contributed by atoms with Crippen LogP contribution in [-0.2, 0) is 11.3 Å². The molecule has 0 radical (unpaired) electrons. The first-order valence-electron chi connectivity index (χ1n) is 7.96. The third-order valence-electron chi connectivity index (χ3n) is 3.88. The lowest BCUT2D eigenvalue weighted by Gasteiger charge is -2.21.